The minimum atomic E-state index is -0.311. The zero-order chi connectivity index (χ0) is 19.8. The number of carbonyl (C=O) groups excluding carboxylic acids is 1. The Balaban J connectivity index is 1.55. The maximum Gasteiger partial charge on any atom is 0.328 e. The number of fused-ring (bicyclic) bond motifs is 1. The van der Waals surface area contributed by atoms with Crippen LogP contribution in [0.25, 0.3) is 22.2 Å². The number of nitrogens with one attached hydrogen (secondary N) is 2. The number of benzene rings is 3. The molecule has 1 aromatic heterocycles. The summed E-state index contributed by atoms with van der Waals surface area (Å²) in [7, 11) is 1.70. The van der Waals surface area contributed by atoms with Gasteiger partial charge in [0.15, 0.2) is 0 Å². The average Bonchev–Trinajstić information content (AvgIpc) is 3.37. The maximum absolute atomic E-state index is 12.8. The van der Waals surface area contributed by atoms with Gasteiger partial charge in [-0.3, -0.25) is 15.2 Å². The average molecular weight is 381 g/mol. The Morgan fingerprint density at radius 3 is 2.48 bits per heavy atom. The van der Waals surface area contributed by atoms with Crippen LogP contribution < -0.4 is 10.2 Å². The molecule has 0 saturated carbocycles. The Hall–Kier alpha value is -3.93. The molecule has 0 aliphatic carbocycles. The number of carbonyl (C=O) groups is 1. The maximum atomic E-state index is 12.8. The summed E-state index contributed by atoms with van der Waals surface area (Å²) in [5.41, 5.74) is 5.80. The van der Waals surface area contributed by atoms with Crippen LogP contribution in [0.5, 0.6) is 0 Å². The van der Waals surface area contributed by atoms with Gasteiger partial charge in [0.25, 0.3) is 0 Å². The van der Waals surface area contributed by atoms with Crippen molar-refractivity contribution in [2.24, 2.45) is 4.99 Å². The number of imidazole rings is 1. The van der Waals surface area contributed by atoms with Crippen molar-refractivity contribution < 1.29 is 4.79 Å². The number of amidine groups is 1. The first-order valence-corrected chi connectivity index (χ1v) is 9.40. The number of aromatic nitrogens is 2. The lowest BCUT2D eigenvalue weighted by Crippen LogP contribution is -2.29. The highest BCUT2D eigenvalue weighted by atomic mass is 16.2. The van der Waals surface area contributed by atoms with Crippen molar-refractivity contribution in [1.82, 2.24) is 15.3 Å². The SMILES string of the molecule is CN=C1NC(=O)N(c2ccc3[nH]cnc3c2)C1c1ccc(-c2ccccc2)cc1. The fourth-order valence-electron chi connectivity index (χ4n) is 3.79. The van der Waals surface area contributed by atoms with Gasteiger partial charge in [0, 0.05) is 12.7 Å². The van der Waals surface area contributed by atoms with E-state index >= 15 is 0 Å². The van der Waals surface area contributed by atoms with Crippen LogP contribution in [0.1, 0.15) is 11.6 Å². The lowest BCUT2D eigenvalue weighted by Gasteiger charge is -2.23. The van der Waals surface area contributed by atoms with Crippen LogP contribution in [-0.4, -0.2) is 28.9 Å². The topological polar surface area (TPSA) is 73.4 Å². The van der Waals surface area contributed by atoms with Crippen LogP contribution in [0.3, 0.4) is 0 Å². The first kappa shape index (κ1) is 17.2. The van der Waals surface area contributed by atoms with Gasteiger partial charge in [-0.05, 0) is 34.9 Å². The van der Waals surface area contributed by atoms with E-state index in [2.05, 4.69) is 56.7 Å². The summed E-state index contributed by atoms with van der Waals surface area (Å²) < 4.78 is 0. The quantitative estimate of drug-likeness (QED) is 0.547. The molecule has 6 nitrogen and oxygen atoms in total. The molecule has 2 heterocycles. The largest absolute Gasteiger partial charge is 0.345 e. The molecule has 0 bridgehead atoms. The second-order valence-electron chi connectivity index (χ2n) is 6.90. The van der Waals surface area contributed by atoms with Crippen molar-refractivity contribution in [3.05, 3.63) is 84.7 Å². The highest BCUT2D eigenvalue weighted by Crippen LogP contribution is 2.34. The predicted molar refractivity (Wildman–Crippen MR) is 115 cm³/mol. The zero-order valence-corrected chi connectivity index (χ0v) is 15.8. The summed E-state index contributed by atoms with van der Waals surface area (Å²) in [5, 5.41) is 2.90. The molecule has 1 saturated heterocycles. The van der Waals surface area contributed by atoms with Gasteiger partial charge < -0.3 is 4.98 Å². The van der Waals surface area contributed by atoms with Crippen LogP contribution in [-0.2, 0) is 0 Å². The molecule has 142 valence electrons. The van der Waals surface area contributed by atoms with Crippen LogP contribution in [0.2, 0.25) is 0 Å². The molecular formula is C23H19N5O. The number of amides is 2. The van der Waals surface area contributed by atoms with E-state index in [0.717, 1.165) is 33.4 Å². The first-order chi connectivity index (χ1) is 14.2. The standard InChI is InChI=1S/C23H19N5O/c1-24-22-21(17-9-7-16(8-10-17)15-5-3-2-4-6-15)28(23(29)27-22)18-11-12-19-20(13-18)26-14-25-19/h2-14,21H,1H3,(H,25,26)(H,24,27,29). The molecule has 29 heavy (non-hydrogen) atoms. The van der Waals surface area contributed by atoms with Gasteiger partial charge in [0.2, 0.25) is 0 Å². The Morgan fingerprint density at radius 1 is 0.966 bits per heavy atom. The summed E-state index contributed by atoms with van der Waals surface area (Å²) in [5.74, 6) is 0.629. The number of nitrogens with zero attached hydrogens (tertiary/aromatic N) is 3. The molecule has 1 fully saturated rings. The molecule has 2 N–H and O–H groups in total. The Morgan fingerprint density at radius 2 is 1.72 bits per heavy atom. The Labute approximate surface area is 167 Å². The summed E-state index contributed by atoms with van der Waals surface area (Å²) in [6.45, 7) is 0. The third-order valence-corrected chi connectivity index (χ3v) is 5.23. The van der Waals surface area contributed by atoms with E-state index in [1.807, 2.05) is 36.4 Å². The fraction of sp³-hybridized carbons (Fsp3) is 0.0870. The molecule has 0 radical (unpaired) electrons. The lowest BCUT2D eigenvalue weighted by atomic mass is 9.99. The van der Waals surface area contributed by atoms with E-state index < -0.39 is 0 Å². The molecule has 0 spiro atoms. The molecule has 6 heteroatoms. The zero-order valence-electron chi connectivity index (χ0n) is 15.8. The van der Waals surface area contributed by atoms with Gasteiger partial charge in [0.05, 0.1) is 17.4 Å². The lowest BCUT2D eigenvalue weighted by molar-refractivity contribution is 0.252. The molecule has 5 rings (SSSR count). The molecule has 1 unspecified atom stereocenters. The molecule has 4 aromatic rings. The van der Waals surface area contributed by atoms with Crippen molar-refractivity contribution in [2.75, 3.05) is 11.9 Å². The summed E-state index contributed by atoms with van der Waals surface area (Å²) in [6.07, 6.45) is 1.65. The smallest absolute Gasteiger partial charge is 0.328 e. The number of hydrogen-bond donors (Lipinski definition) is 2. The molecule has 2 amide bonds. The normalized spacial score (nSPS) is 17.8. The van der Waals surface area contributed by atoms with Gasteiger partial charge >= 0.3 is 6.03 Å². The van der Waals surface area contributed by atoms with Gasteiger partial charge in [-0.2, -0.15) is 0 Å². The second-order valence-corrected chi connectivity index (χ2v) is 6.90. The molecule has 1 atom stereocenters. The Bertz CT molecular complexity index is 1210. The summed E-state index contributed by atoms with van der Waals surface area (Å²) >= 11 is 0. The van der Waals surface area contributed by atoms with E-state index in [1.165, 1.54) is 0 Å². The number of aliphatic imine (C=N–C) groups is 1. The fourth-order valence-corrected chi connectivity index (χ4v) is 3.79. The van der Waals surface area contributed by atoms with Crippen LogP contribution in [0.15, 0.2) is 84.1 Å². The van der Waals surface area contributed by atoms with Crippen molar-refractivity contribution in [1.29, 1.82) is 0 Å². The van der Waals surface area contributed by atoms with Gasteiger partial charge in [-0.25, -0.2) is 9.78 Å². The van der Waals surface area contributed by atoms with E-state index in [9.17, 15) is 4.79 Å². The van der Waals surface area contributed by atoms with E-state index in [0.29, 0.717) is 5.84 Å². The number of H-pyrrole nitrogens is 1. The van der Waals surface area contributed by atoms with Gasteiger partial charge in [0.1, 0.15) is 11.9 Å². The molecule has 3 aromatic carbocycles. The molecular weight excluding hydrogens is 362 g/mol. The van der Waals surface area contributed by atoms with Crippen LogP contribution in [0.4, 0.5) is 10.5 Å². The van der Waals surface area contributed by atoms with Crippen LogP contribution in [0, 0.1) is 0 Å². The van der Waals surface area contributed by atoms with Crippen molar-refractivity contribution in [2.45, 2.75) is 6.04 Å². The third kappa shape index (κ3) is 2.95. The highest BCUT2D eigenvalue weighted by molar-refractivity contribution is 6.16. The number of aromatic amines is 1. The van der Waals surface area contributed by atoms with Gasteiger partial charge in [-0.15, -0.1) is 0 Å². The summed E-state index contributed by atoms with van der Waals surface area (Å²) in [4.78, 5) is 26.2. The third-order valence-electron chi connectivity index (χ3n) is 5.23. The number of hydrogen-bond acceptors (Lipinski definition) is 3. The minimum absolute atomic E-state index is 0.197. The molecule has 1 aliphatic rings. The van der Waals surface area contributed by atoms with E-state index in [1.54, 1.807) is 18.3 Å². The van der Waals surface area contributed by atoms with Crippen LogP contribution >= 0.6 is 0 Å². The predicted octanol–water partition coefficient (Wildman–Crippen LogP) is 4.53. The highest BCUT2D eigenvalue weighted by Gasteiger charge is 2.38. The first-order valence-electron chi connectivity index (χ1n) is 9.40. The van der Waals surface area contributed by atoms with Crippen molar-refractivity contribution in [3.63, 3.8) is 0 Å². The monoisotopic (exact) mass is 381 g/mol. The number of rotatable bonds is 3. The Kier molecular flexibility index (Phi) is 4.09. The summed E-state index contributed by atoms with van der Waals surface area (Å²) in [6, 6.07) is 23.7. The number of urea groups is 1. The second kappa shape index (κ2) is 6.91. The van der Waals surface area contributed by atoms with Crippen molar-refractivity contribution >= 4 is 28.6 Å². The number of anilines is 1. The molecule has 1 aliphatic heterocycles. The van der Waals surface area contributed by atoms with E-state index in [-0.39, 0.29) is 12.1 Å². The van der Waals surface area contributed by atoms with Crippen molar-refractivity contribution in [3.8, 4) is 11.1 Å². The minimum Gasteiger partial charge on any atom is -0.345 e. The van der Waals surface area contributed by atoms with E-state index in [4.69, 9.17) is 0 Å². The van der Waals surface area contributed by atoms with Gasteiger partial charge in [-0.1, -0.05) is 54.6 Å².